The zero-order valence-corrected chi connectivity index (χ0v) is 13.5. The number of benzene rings is 1. The summed E-state index contributed by atoms with van der Waals surface area (Å²) < 4.78 is 4.46. The van der Waals surface area contributed by atoms with Crippen molar-refractivity contribution in [2.45, 2.75) is 18.9 Å². The van der Waals surface area contributed by atoms with Gasteiger partial charge in [0.05, 0.1) is 12.8 Å². The van der Waals surface area contributed by atoms with Crippen LogP contribution >= 0.6 is 23.2 Å². The first-order valence-electron chi connectivity index (χ1n) is 6.41. The maximum absolute atomic E-state index is 12.1. The average molecular weight is 345 g/mol. The van der Waals surface area contributed by atoms with Crippen LogP contribution in [0.1, 0.15) is 18.9 Å². The number of oxime groups is 1. The van der Waals surface area contributed by atoms with E-state index in [1.807, 2.05) is 0 Å². The lowest BCUT2D eigenvalue weighted by molar-refractivity contribution is -0.146. The lowest BCUT2D eigenvalue weighted by Crippen LogP contribution is -2.46. The molecule has 0 spiro atoms. The van der Waals surface area contributed by atoms with Crippen molar-refractivity contribution >= 4 is 40.8 Å². The third-order valence-electron chi connectivity index (χ3n) is 3.16. The molecule has 6 nitrogen and oxygen atoms in total. The molecule has 1 atom stereocenters. The Morgan fingerprint density at radius 2 is 2.00 bits per heavy atom. The summed E-state index contributed by atoms with van der Waals surface area (Å²) in [5.74, 6) is -0.998. The molecule has 1 aliphatic rings. The van der Waals surface area contributed by atoms with Gasteiger partial charge in [0.1, 0.15) is 6.54 Å². The van der Waals surface area contributed by atoms with Gasteiger partial charge in [-0.05, 0) is 25.1 Å². The SMILES string of the molecule is COC(=O)CNC(=O)C1(C)CC(c2cc(Cl)cc(Cl)c2)=NO1. The Morgan fingerprint density at radius 3 is 2.59 bits per heavy atom. The van der Waals surface area contributed by atoms with Crippen molar-refractivity contribution in [1.29, 1.82) is 0 Å². The number of halogens is 2. The average Bonchev–Trinajstić information content (AvgIpc) is 2.87. The maximum Gasteiger partial charge on any atom is 0.325 e. The van der Waals surface area contributed by atoms with Gasteiger partial charge in [-0.1, -0.05) is 28.4 Å². The van der Waals surface area contributed by atoms with E-state index >= 15 is 0 Å². The number of nitrogens with zero attached hydrogens (tertiary/aromatic N) is 1. The number of methoxy groups -OCH3 is 1. The van der Waals surface area contributed by atoms with Crippen molar-refractivity contribution in [2.75, 3.05) is 13.7 Å². The molecule has 1 aromatic carbocycles. The number of hydrogen-bond donors (Lipinski definition) is 1. The number of ether oxygens (including phenoxy) is 1. The second-order valence-corrected chi connectivity index (χ2v) is 5.83. The molecule has 1 unspecified atom stereocenters. The van der Waals surface area contributed by atoms with Crippen LogP contribution in [0.4, 0.5) is 0 Å². The molecule has 22 heavy (non-hydrogen) atoms. The van der Waals surface area contributed by atoms with Gasteiger partial charge in [0.2, 0.25) is 5.60 Å². The minimum absolute atomic E-state index is 0.230. The van der Waals surface area contributed by atoms with Crippen molar-refractivity contribution in [3.05, 3.63) is 33.8 Å². The van der Waals surface area contributed by atoms with Crippen LogP contribution < -0.4 is 5.32 Å². The van der Waals surface area contributed by atoms with Crippen LogP contribution in [0.2, 0.25) is 10.0 Å². The fourth-order valence-corrected chi connectivity index (χ4v) is 2.47. The summed E-state index contributed by atoms with van der Waals surface area (Å²) >= 11 is 11.9. The fourth-order valence-electron chi connectivity index (χ4n) is 1.95. The van der Waals surface area contributed by atoms with Crippen molar-refractivity contribution < 1.29 is 19.2 Å². The third-order valence-corrected chi connectivity index (χ3v) is 3.60. The van der Waals surface area contributed by atoms with Crippen LogP contribution in [0.5, 0.6) is 0 Å². The smallest absolute Gasteiger partial charge is 0.325 e. The number of amides is 1. The zero-order chi connectivity index (χ0) is 16.3. The minimum Gasteiger partial charge on any atom is -0.468 e. The Labute approximate surface area is 137 Å². The monoisotopic (exact) mass is 344 g/mol. The molecule has 2 rings (SSSR count). The summed E-state index contributed by atoms with van der Waals surface area (Å²) in [6.07, 6.45) is 0.233. The van der Waals surface area contributed by atoms with Gasteiger partial charge in [-0.25, -0.2) is 0 Å². The van der Waals surface area contributed by atoms with Crippen LogP contribution in [-0.2, 0) is 19.2 Å². The van der Waals surface area contributed by atoms with E-state index in [9.17, 15) is 9.59 Å². The van der Waals surface area contributed by atoms with Crippen molar-refractivity contribution in [2.24, 2.45) is 5.16 Å². The number of carbonyl (C=O) groups excluding carboxylic acids is 2. The second kappa shape index (κ2) is 6.54. The lowest BCUT2D eigenvalue weighted by Gasteiger charge is -2.19. The van der Waals surface area contributed by atoms with E-state index < -0.39 is 17.5 Å². The summed E-state index contributed by atoms with van der Waals surface area (Å²) in [5.41, 5.74) is 0.0418. The normalized spacial score (nSPS) is 20.1. The Hall–Kier alpha value is -1.79. The fraction of sp³-hybridized carbons (Fsp3) is 0.357. The minimum atomic E-state index is -1.20. The van der Waals surface area contributed by atoms with Gasteiger partial charge in [0.15, 0.2) is 0 Å². The molecule has 118 valence electrons. The largest absolute Gasteiger partial charge is 0.468 e. The predicted molar refractivity (Wildman–Crippen MR) is 82.1 cm³/mol. The third kappa shape index (κ3) is 3.69. The summed E-state index contributed by atoms with van der Waals surface area (Å²) in [6, 6.07) is 4.98. The Balaban J connectivity index is 2.06. The van der Waals surface area contributed by atoms with E-state index in [1.165, 1.54) is 7.11 Å². The van der Waals surface area contributed by atoms with Crippen LogP contribution in [0.3, 0.4) is 0 Å². The highest BCUT2D eigenvalue weighted by Crippen LogP contribution is 2.29. The molecular formula is C14H14Cl2N2O4. The highest BCUT2D eigenvalue weighted by Gasteiger charge is 2.42. The Morgan fingerprint density at radius 1 is 1.36 bits per heavy atom. The van der Waals surface area contributed by atoms with E-state index in [0.29, 0.717) is 21.3 Å². The van der Waals surface area contributed by atoms with E-state index in [1.54, 1.807) is 25.1 Å². The molecule has 8 heteroatoms. The molecular weight excluding hydrogens is 331 g/mol. The van der Waals surface area contributed by atoms with E-state index in [2.05, 4.69) is 15.2 Å². The lowest BCUT2D eigenvalue weighted by atomic mass is 9.95. The van der Waals surface area contributed by atoms with Crippen LogP contribution in [0, 0.1) is 0 Å². The number of hydrogen-bond acceptors (Lipinski definition) is 5. The Bertz CT molecular complexity index is 627. The van der Waals surface area contributed by atoms with Crippen molar-refractivity contribution in [3.63, 3.8) is 0 Å². The van der Waals surface area contributed by atoms with E-state index in [0.717, 1.165) is 0 Å². The van der Waals surface area contributed by atoms with Crippen LogP contribution in [0.15, 0.2) is 23.4 Å². The molecule has 0 saturated heterocycles. The van der Waals surface area contributed by atoms with E-state index in [-0.39, 0.29) is 13.0 Å². The van der Waals surface area contributed by atoms with Crippen molar-refractivity contribution in [3.8, 4) is 0 Å². The van der Waals surface area contributed by atoms with Crippen LogP contribution in [0.25, 0.3) is 0 Å². The summed E-state index contributed by atoms with van der Waals surface area (Å²) in [6.45, 7) is 1.36. The van der Waals surface area contributed by atoms with Gasteiger partial charge in [-0.15, -0.1) is 0 Å². The number of rotatable bonds is 4. The van der Waals surface area contributed by atoms with Crippen molar-refractivity contribution in [1.82, 2.24) is 5.32 Å². The molecule has 1 aromatic rings. The highest BCUT2D eigenvalue weighted by atomic mass is 35.5. The molecule has 1 amide bonds. The molecule has 0 radical (unpaired) electrons. The standard InChI is InChI=1S/C14H14Cl2N2O4/c1-14(13(20)17-7-12(19)21-2)6-11(18-22-14)8-3-9(15)5-10(16)4-8/h3-5H,6-7H2,1-2H3,(H,17,20). The number of esters is 1. The van der Waals surface area contributed by atoms with Crippen LogP contribution in [-0.4, -0.2) is 36.8 Å². The summed E-state index contributed by atoms with van der Waals surface area (Å²) in [5, 5.41) is 7.31. The van der Waals surface area contributed by atoms with Gasteiger partial charge in [-0.2, -0.15) is 0 Å². The number of nitrogens with one attached hydrogen (secondary N) is 1. The first-order chi connectivity index (χ1) is 10.3. The highest BCUT2D eigenvalue weighted by molar-refractivity contribution is 6.35. The molecule has 1 heterocycles. The maximum atomic E-state index is 12.1. The summed E-state index contributed by atoms with van der Waals surface area (Å²) in [4.78, 5) is 28.4. The zero-order valence-electron chi connectivity index (χ0n) is 12.0. The molecule has 0 bridgehead atoms. The first-order valence-corrected chi connectivity index (χ1v) is 7.16. The number of carbonyl (C=O) groups is 2. The molecule has 1 N–H and O–H groups in total. The molecule has 0 saturated carbocycles. The predicted octanol–water partition coefficient (Wildman–Crippen LogP) is 2.17. The quantitative estimate of drug-likeness (QED) is 0.849. The molecule has 0 aromatic heterocycles. The Kier molecular flexibility index (Phi) is 4.93. The topological polar surface area (TPSA) is 77.0 Å². The molecule has 1 aliphatic heterocycles. The van der Waals surface area contributed by atoms with Gasteiger partial charge in [-0.3, -0.25) is 9.59 Å². The van der Waals surface area contributed by atoms with Gasteiger partial charge in [0, 0.05) is 22.0 Å². The molecule has 0 aliphatic carbocycles. The van der Waals surface area contributed by atoms with Gasteiger partial charge < -0.3 is 14.9 Å². The molecule has 0 fully saturated rings. The second-order valence-electron chi connectivity index (χ2n) is 4.95. The summed E-state index contributed by atoms with van der Waals surface area (Å²) in [7, 11) is 1.24. The van der Waals surface area contributed by atoms with E-state index in [4.69, 9.17) is 28.0 Å². The van der Waals surface area contributed by atoms with Gasteiger partial charge in [0.25, 0.3) is 5.91 Å². The van der Waals surface area contributed by atoms with Gasteiger partial charge >= 0.3 is 5.97 Å². The first kappa shape index (κ1) is 16.6.